The van der Waals surface area contributed by atoms with E-state index in [0.717, 1.165) is 6.42 Å². The highest BCUT2D eigenvalue weighted by Gasteiger charge is 2.24. The van der Waals surface area contributed by atoms with Crippen molar-refractivity contribution in [3.8, 4) is 11.9 Å². The normalized spacial score (nSPS) is 24.8. The lowest BCUT2D eigenvalue weighted by molar-refractivity contribution is 0.0967. The Bertz CT molecular complexity index is 399. The van der Waals surface area contributed by atoms with Crippen LogP contribution in [0.15, 0.2) is 12.4 Å². The van der Waals surface area contributed by atoms with Crippen LogP contribution in [0.1, 0.15) is 38.3 Å². The first-order chi connectivity index (χ1) is 7.81. The van der Waals surface area contributed by atoms with Gasteiger partial charge in [0.25, 0.3) is 5.88 Å². The molecule has 16 heavy (non-hydrogen) atoms. The van der Waals surface area contributed by atoms with Gasteiger partial charge in [-0.1, -0.05) is 13.3 Å². The van der Waals surface area contributed by atoms with E-state index < -0.39 is 0 Å². The van der Waals surface area contributed by atoms with E-state index in [1.54, 1.807) is 6.20 Å². The average Bonchev–Trinajstić information content (AvgIpc) is 2.33. The molecule has 1 fully saturated rings. The Morgan fingerprint density at radius 1 is 1.31 bits per heavy atom. The molecule has 0 spiro atoms. The Morgan fingerprint density at radius 2 is 2.06 bits per heavy atom. The Labute approximate surface area is 95.3 Å². The second kappa shape index (κ2) is 4.93. The first kappa shape index (κ1) is 10.9. The summed E-state index contributed by atoms with van der Waals surface area (Å²) in [4.78, 5) is 8.01. The van der Waals surface area contributed by atoms with E-state index in [-0.39, 0.29) is 11.8 Å². The van der Waals surface area contributed by atoms with Crippen LogP contribution in [0, 0.1) is 17.2 Å². The summed E-state index contributed by atoms with van der Waals surface area (Å²) in [5.74, 6) is 0.908. The zero-order valence-corrected chi connectivity index (χ0v) is 9.39. The minimum Gasteiger partial charge on any atom is -0.472 e. The molecular formula is C12H15N3O. The van der Waals surface area contributed by atoms with Crippen LogP contribution in [-0.2, 0) is 0 Å². The monoisotopic (exact) mass is 217 g/mol. The highest BCUT2D eigenvalue weighted by molar-refractivity contribution is 5.30. The molecule has 0 bridgehead atoms. The van der Waals surface area contributed by atoms with Crippen molar-refractivity contribution in [2.24, 2.45) is 5.92 Å². The minimum atomic E-state index is 0.178. The van der Waals surface area contributed by atoms with Crippen LogP contribution >= 0.6 is 0 Å². The molecule has 2 unspecified atom stereocenters. The lowest BCUT2D eigenvalue weighted by Gasteiger charge is -2.28. The molecule has 1 heterocycles. The van der Waals surface area contributed by atoms with E-state index in [1.165, 1.54) is 25.5 Å². The molecule has 4 heteroatoms. The van der Waals surface area contributed by atoms with Gasteiger partial charge >= 0.3 is 0 Å². The van der Waals surface area contributed by atoms with Crippen molar-refractivity contribution >= 4 is 0 Å². The lowest BCUT2D eigenvalue weighted by Crippen LogP contribution is -2.29. The largest absolute Gasteiger partial charge is 0.472 e. The highest BCUT2D eigenvalue weighted by Crippen LogP contribution is 2.27. The van der Waals surface area contributed by atoms with Crippen molar-refractivity contribution < 1.29 is 4.74 Å². The number of hydrogen-bond donors (Lipinski definition) is 0. The van der Waals surface area contributed by atoms with E-state index in [0.29, 0.717) is 11.8 Å². The summed E-state index contributed by atoms with van der Waals surface area (Å²) in [6, 6.07) is 2.00. The number of aromatic nitrogens is 2. The number of ether oxygens (including phenoxy) is 1. The summed E-state index contributed by atoms with van der Waals surface area (Å²) < 4.78 is 5.79. The summed E-state index contributed by atoms with van der Waals surface area (Å²) in [7, 11) is 0. The third-order valence-corrected chi connectivity index (χ3v) is 3.07. The van der Waals surface area contributed by atoms with Gasteiger partial charge in [0.1, 0.15) is 12.2 Å². The van der Waals surface area contributed by atoms with Crippen LogP contribution in [0.25, 0.3) is 0 Å². The van der Waals surface area contributed by atoms with Gasteiger partial charge in [-0.05, 0) is 25.2 Å². The van der Waals surface area contributed by atoms with Gasteiger partial charge in [0.05, 0.1) is 0 Å². The summed E-state index contributed by atoms with van der Waals surface area (Å²) in [5, 5.41) is 8.88. The minimum absolute atomic E-state index is 0.178. The third kappa shape index (κ3) is 2.30. The fourth-order valence-corrected chi connectivity index (χ4v) is 2.09. The van der Waals surface area contributed by atoms with Gasteiger partial charge in [-0.3, -0.25) is 0 Å². The smallest absolute Gasteiger partial charge is 0.251 e. The molecule has 1 aromatic heterocycles. The second-order valence-electron chi connectivity index (χ2n) is 4.24. The average molecular weight is 217 g/mol. The third-order valence-electron chi connectivity index (χ3n) is 3.07. The number of rotatable bonds is 2. The summed E-state index contributed by atoms with van der Waals surface area (Å²) in [6.45, 7) is 2.19. The standard InChI is InChI=1S/C12H15N3O/c1-9-4-2-3-5-11(9)16-12-10(8-13)14-6-7-15-12/h6-7,9,11H,2-5H2,1H3. The van der Waals surface area contributed by atoms with Crippen LogP contribution in [0.3, 0.4) is 0 Å². The lowest BCUT2D eigenvalue weighted by atomic mass is 9.88. The maximum atomic E-state index is 8.88. The van der Waals surface area contributed by atoms with Gasteiger partial charge in [-0.15, -0.1) is 0 Å². The fraction of sp³-hybridized carbons (Fsp3) is 0.583. The molecule has 4 nitrogen and oxygen atoms in total. The SMILES string of the molecule is CC1CCCCC1Oc1nccnc1C#N. The van der Waals surface area contributed by atoms with Gasteiger partial charge in [-0.25, -0.2) is 9.97 Å². The van der Waals surface area contributed by atoms with Gasteiger partial charge in [0.15, 0.2) is 0 Å². The van der Waals surface area contributed by atoms with Crippen molar-refractivity contribution in [1.82, 2.24) is 9.97 Å². The van der Waals surface area contributed by atoms with Gasteiger partial charge < -0.3 is 4.74 Å². The summed E-state index contributed by atoms with van der Waals surface area (Å²) in [6.07, 6.45) is 7.94. The molecule has 1 aliphatic carbocycles. The van der Waals surface area contributed by atoms with Crippen molar-refractivity contribution in [2.45, 2.75) is 38.7 Å². The molecule has 0 saturated heterocycles. The Morgan fingerprint density at radius 3 is 2.81 bits per heavy atom. The van der Waals surface area contributed by atoms with Crippen molar-refractivity contribution in [2.75, 3.05) is 0 Å². The van der Waals surface area contributed by atoms with E-state index in [9.17, 15) is 0 Å². The van der Waals surface area contributed by atoms with Gasteiger partial charge in [0.2, 0.25) is 5.69 Å². The molecule has 0 N–H and O–H groups in total. The Balaban J connectivity index is 2.11. The molecular weight excluding hydrogens is 202 g/mol. The maximum Gasteiger partial charge on any atom is 0.251 e. The van der Waals surface area contributed by atoms with Crippen LogP contribution in [0.4, 0.5) is 0 Å². The topological polar surface area (TPSA) is 58.8 Å². The number of nitrogens with zero attached hydrogens (tertiary/aromatic N) is 3. The molecule has 0 aromatic carbocycles. The van der Waals surface area contributed by atoms with Crippen molar-refractivity contribution in [3.63, 3.8) is 0 Å². The van der Waals surface area contributed by atoms with Crippen molar-refractivity contribution in [1.29, 1.82) is 5.26 Å². The van der Waals surface area contributed by atoms with E-state index in [4.69, 9.17) is 10.00 Å². The van der Waals surface area contributed by atoms with E-state index >= 15 is 0 Å². The first-order valence-corrected chi connectivity index (χ1v) is 5.69. The Hall–Kier alpha value is -1.63. The zero-order chi connectivity index (χ0) is 11.4. The summed E-state index contributed by atoms with van der Waals surface area (Å²) in [5.41, 5.74) is 0.278. The molecule has 1 aliphatic rings. The maximum absolute atomic E-state index is 8.88. The highest BCUT2D eigenvalue weighted by atomic mass is 16.5. The summed E-state index contributed by atoms with van der Waals surface area (Å²) >= 11 is 0. The van der Waals surface area contributed by atoms with Crippen LogP contribution in [0.2, 0.25) is 0 Å². The van der Waals surface area contributed by atoms with Crippen LogP contribution < -0.4 is 4.74 Å². The van der Waals surface area contributed by atoms with Crippen LogP contribution in [0.5, 0.6) is 5.88 Å². The molecule has 1 saturated carbocycles. The number of hydrogen-bond acceptors (Lipinski definition) is 4. The zero-order valence-electron chi connectivity index (χ0n) is 9.39. The molecule has 84 valence electrons. The molecule has 2 atom stereocenters. The number of nitriles is 1. The predicted octanol–water partition coefficient (Wildman–Crippen LogP) is 2.31. The van der Waals surface area contributed by atoms with Gasteiger partial charge in [-0.2, -0.15) is 5.26 Å². The van der Waals surface area contributed by atoms with Gasteiger partial charge in [0, 0.05) is 12.4 Å². The van der Waals surface area contributed by atoms with E-state index in [1.807, 2.05) is 6.07 Å². The molecule has 0 aliphatic heterocycles. The second-order valence-corrected chi connectivity index (χ2v) is 4.24. The quantitative estimate of drug-likeness (QED) is 0.762. The fourth-order valence-electron chi connectivity index (χ4n) is 2.09. The van der Waals surface area contributed by atoms with E-state index in [2.05, 4.69) is 16.9 Å². The van der Waals surface area contributed by atoms with Crippen LogP contribution in [-0.4, -0.2) is 16.1 Å². The van der Waals surface area contributed by atoms with Crippen molar-refractivity contribution in [3.05, 3.63) is 18.1 Å². The molecule has 1 aromatic rings. The first-order valence-electron chi connectivity index (χ1n) is 5.69. The Kier molecular flexibility index (Phi) is 3.35. The molecule has 2 rings (SSSR count). The predicted molar refractivity (Wildman–Crippen MR) is 58.8 cm³/mol. The molecule has 0 radical (unpaired) electrons. The molecule has 0 amide bonds.